The highest BCUT2D eigenvalue weighted by Gasteiger charge is 2.31. The number of nitrogens with zero attached hydrogens (tertiary/aromatic N) is 2. The van der Waals surface area contributed by atoms with Crippen LogP contribution in [0.5, 0.6) is 0 Å². The molecule has 1 unspecified atom stereocenters. The van der Waals surface area contributed by atoms with Gasteiger partial charge in [0.25, 0.3) is 0 Å². The minimum Gasteiger partial charge on any atom is -0.390 e. The number of hydrogen-bond donors (Lipinski definition) is 1. The summed E-state index contributed by atoms with van der Waals surface area (Å²) in [7, 11) is -3.55. The van der Waals surface area contributed by atoms with Crippen molar-refractivity contribution < 1.29 is 13.5 Å². The summed E-state index contributed by atoms with van der Waals surface area (Å²) in [5.74, 6) is 0. The molecular formula is C14H18N2O3S. The molecule has 1 heterocycles. The van der Waals surface area contributed by atoms with E-state index < -0.39 is 15.6 Å². The van der Waals surface area contributed by atoms with Gasteiger partial charge in [0.1, 0.15) is 0 Å². The Balaban J connectivity index is 2.23. The van der Waals surface area contributed by atoms with E-state index in [1.807, 2.05) is 6.07 Å². The van der Waals surface area contributed by atoms with E-state index in [0.29, 0.717) is 37.9 Å². The van der Waals surface area contributed by atoms with Gasteiger partial charge in [0.15, 0.2) is 0 Å². The van der Waals surface area contributed by atoms with Gasteiger partial charge in [0.05, 0.1) is 22.1 Å². The molecule has 1 fully saturated rings. The van der Waals surface area contributed by atoms with Gasteiger partial charge in [0.2, 0.25) is 10.0 Å². The molecule has 0 aromatic heterocycles. The lowest BCUT2D eigenvalue weighted by Gasteiger charge is -2.22. The summed E-state index contributed by atoms with van der Waals surface area (Å²) in [6.07, 6.45) is 1.68. The first-order valence-corrected chi connectivity index (χ1v) is 8.02. The monoisotopic (exact) mass is 294 g/mol. The zero-order valence-electron chi connectivity index (χ0n) is 11.4. The lowest BCUT2D eigenvalue weighted by atomic mass is 9.98. The molecule has 1 N–H and O–H groups in total. The number of aliphatic hydroxyl groups is 1. The third-order valence-electron chi connectivity index (χ3n) is 3.64. The summed E-state index contributed by atoms with van der Waals surface area (Å²) in [5.41, 5.74) is -0.364. The molecule has 0 radical (unpaired) electrons. The van der Waals surface area contributed by atoms with Crippen LogP contribution >= 0.6 is 0 Å². The average Bonchev–Trinajstić information content (AvgIpc) is 2.60. The second-order valence-electron chi connectivity index (χ2n) is 5.39. The van der Waals surface area contributed by atoms with E-state index in [0.717, 1.165) is 0 Å². The zero-order chi connectivity index (χ0) is 14.8. The molecule has 0 bridgehead atoms. The lowest BCUT2D eigenvalue weighted by Crippen LogP contribution is -2.33. The average molecular weight is 294 g/mol. The number of rotatable bonds is 2. The molecule has 0 amide bonds. The fourth-order valence-corrected chi connectivity index (χ4v) is 3.81. The molecule has 0 aliphatic carbocycles. The Morgan fingerprint density at radius 3 is 2.50 bits per heavy atom. The normalized spacial score (nSPS) is 24.9. The molecular weight excluding hydrogens is 276 g/mol. The topological polar surface area (TPSA) is 81.4 Å². The molecule has 1 aliphatic rings. The standard InChI is InChI=1S/C14H18N2O3S/c1-14(17)7-2-9-16(10-8-14)20(18,19)13-5-3-12(11-15)4-6-13/h3-6,17H,2,7-10H2,1H3. The molecule has 20 heavy (non-hydrogen) atoms. The predicted molar refractivity (Wildman–Crippen MR) is 74.4 cm³/mol. The van der Waals surface area contributed by atoms with E-state index in [9.17, 15) is 13.5 Å². The van der Waals surface area contributed by atoms with Gasteiger partial charge in [0, 0.05) is 13.1 Å². The Bertz CT molecular complexity index is 615. The molecule has 1 atom stereocenters. The van der Waals surface area contributed by atoms with Crippen LogP contribution in [-0.4, -0.2) is 36.5 Å². The second kappa shape index (κ2) is 5.52. The van der Waals surface area contributed by atoms with Crippen LogP contribution in [0.15, 0.2) is 29.2 Å². The Kier molecular flexibility index (Phi) is 4.14. The van der Waals surface area contributed by atoms with Crippen LogP contribution in [0.25, 0.3) is 0 Å². The quantitative estimate of drug-likeness (QED) is 0.896. The van der Waals surface area contributed by atoms with Crippen molar-refractivity contribution in [2.45, 2.75) is 36.7 Å². The summed E-state index contributed by atoms with van der Waals surface area (Å²) in [5, 5.41) is 18.8. The van der Waals surface area contributed by atoms with Crippen molar-refractivity contribution in [1.82, 2.24) is 4.31 Å². The Labute approximate surface area is 119 Å². The molecule has 108 valence electrons. The molecule has 2 rings (SSSR count). The van der Waals surface area contributed by atoms with Crippen LogP contribution < -0.4 is 0 Å². The van der Waals surface area contributed by atoms with E-state index >= 15 is 0 Å². The molecule has 0 saturated carbocycles. The van der Waals surface area contributed by atoms with Crippen LogP contribution in [0.2, 0.25) is 0 Å². The van der Waals surface area contributed by atoms with Crippen molar-refractivity contribution in [1.29, 1.82) is 5.26 Å². The van der Waals surface area contributed by atoms with Crippen LogP contribution in [0, 0.1) is 11.3 Å². The Hall–Kier alpha value is -1.42. The van der Waals surface area contributed by atoms with Crippen molar-refractivity contribution in [2.24, 2.45) is 0 Å². The predicted octanol–water partition coefficient (Wildman–Crippen LogP) is 1.48. The minimum absolute atomic E-state index is 0.193. The first kappa shape index (κ1) is 15.0. The zero-order valence-corrected chi connectivity index (χ0v) is 12.2. The van der Waals surface area contributed by atoms with Gasteiger partial charge in [-0.1, -0.05) is 0 Å². The Morgan fingerprint density at radius 1 is 1.25 bits per heavy atom. The summed E-state index contributed by atoms with van der Waals surface area (Å²) in [6, 6.07) is 7.88. The highest BCUT2D eigenvalue weighted by Crippen LogP contribution is 2.25. The van der Waals surface area contributed by atoms with Crippen LogP contribution in [0.3, 0.4) is 0 Å². The van der Waals surface area contributed by atoms with Crippen LogP contribution in [0.4, 0.5) is 0 Å². The number of hydrogen-bond acceptors (Lipinski definition) is 4. The van der Waals surface area contributed by atoms with Crippen LogP contribution in [-0.2, 0) is 10.0 Å². The summed E-state index contributed by atoms with van der Waals surface area (Å²) < 4.78 is 26.4. The van der Waals surface area contributed by atoms with Crippen molar-refractivity contribution in [3.05, 3.63) is 29.8 Å². The van der Waals surface area contributed by atoms with E-state index in [4.69, 9.17) is 5.26 Å². The van der Waals surface area contributed by atoms with Gasteiger partial charge in [-0.25, -0.2) is 8.42 Å². The van der Waals surface area contributed by atoms with Gasteiger partial charge < -0.3 is 5.11 Å². The molecule has 1 aliphatic heterocycles. The lowest BCUT2D eigenvalue weighted by molar-refractivity contribution is 0.0465. The first-order chi connectivity index (χ1) is 9.35. The van der Waals surface area contributed by atoms with Crippen molar-refractivity contribution in [3.63, 3.8) is 0 Å². The molecule has 5 nitrogen and oxygen atoms in total. The smallest absolute Gasteiger partial charge is 0.243 e. The number of benzene rings is 1. The van der Waals surface area contributed by atoms with Crippen molar-refractivity contribution in [2.75, 3.05) is 13.1 Å². The molecule has 1 saturated heterocycles. The summed E-state index contributed by atoms with van der Waals surface area (Å²) in [6.45, 7) is 2.47. The minimum atomic E-state index is -3.55. The Morgan fingerprint density at radius 2 is 1.90 bits per heavy atom. The highest BCUT2D eigenvalue weighted by molar-refractivity contribution is 7.89. The van der Waals surface area contributed by atoms with Gasteiger partial charge in [-0.2, -0.15) is 9.57 Å². The molecule has 0 spiro atoms. The maximum Gasteiger partial charge on any atom is 0.243 e. The number of sulfonamides is 1. The van der Waals surface area contributed by atoms with Gasteiger partial charge in [-0.3, -0.25) is 0 Å². The van der Waals surface area contributed by atoms with Gasteiger partial charge in [-0.05, 0) is 50.5 Å². The third kappa shape index (κ3) is 3.18. The van der Waals surface area contributed by atoms with E-state index in [-0.39, 0.29) is 4.90 Å². The van der Waals surface area contributed by atoms with Gasteiger partial charge in [-0.15, -0.1) is 0 Å². The summed E-state index contributed by atoms with van der Waals surface area (Å²) in [4.78, 5) is 0.193. The maximum atomic E-state index is 12.5. The maximum absolute atomic E-state index is 12.5. The molecule has 1 aromatic carbocycles. The highest BCUT2D eigenvalue weighted by atomic mass is 32.2. The largest absolute Gasteiger partial charge is 0.390 e. The number of nitriles is 1. The molecule has 6 heteroatoms. The molecule has 1 aromatic rings. The SMILES string of the molecule is CC1(O)CCCN(S(=O)(=O)c2ccc(C#N)cc2)CC1. The fourth-order valence-electron chi connectivity index (χ4n) is 2.33. The van der Waals surface area contributed by atoms with E-state index in [1.165, 1.54) is 28.6 Å². The van der Waals surface area contributed by atoms with Crippen molar-refractivity contribution in [3.8, 4) is 6.07 Å². The van der Waals surface area contributed by atoms with Crippen LogP contribution in [0.1, 0.15) is 31.7 Å². The second-order valence-corrected chi connectivity index (χ2v) is 7.33. The first-order valence-electron chi connectivity index (χ1n) is 6.58. The summed E-state index contributed by atoms with van der Waals surface area (Å²) >= 11 is 0. The van der Waals surface area contributed by atoms with Crippen molar-refractivity contribution >= 4 is 10.0 Å². The van der Waals surface area contributed by atoms with E-state index in [1.54, 1.807) is 6.92 Å². The third-order valence-corrected chi connectivity index (χ3v) is 5.56. The van der Waals surface area contributed by atoms with E-state index in [2.05, 4.69) is 0 Å². The fraction of sp³-hybridized carbons (Fsp3) is 0.500. The van der Waals surface area contributed by atoms with Gasteiger partial charge >= 0.3 is 0 Å².